The SMILES string of the molecule is Cc1ccc(C(=O)Cl)cc1N(SC(F)(Cl)Cl)C(F)(F)F. The van der Waals surface area contributed by atoms with Crippen molar-refractivity contribution in [3.63, 3.8) is 0 Å². The van der Waals surface area contributed by atoms with E-state index in [9.17, 15) is 22.4 Å². The van der Waals surface area contributed by atoms with Gasteiger partial charge >= 0.3 is 10.2 Å². The predicted octanol–water partition coefficient (Wildman–Crippen LogP) is 5.41. The van der Waals surface area contributed by atoms with Gasteiger partial charge in [0.05, 0.1) is 5.69 Å². The largest absolute Gasteiger partial charge is 0.495 e. The second-order valence-corrected chi connectivity index (χ2v) is 6.71. The molecule has 0 aromatic heterocycles. The fourth-order valence-electron chi connectivity index (χ4n) is 1.29. The highest BCUT2D eigenvalue weighted by Gasteiger charge is 2.44. The first-order valence-electron chi connectivity index (χ1n) is 4.85. The number of hydrogen-bond acceptors (Lipinski definition) is 3. The summed E-state index contributed by atoms with van der Waals surface area (Å²) >= 11 is 14.7. The van der Waals surface area contributed by atoms with E-state index < -0.39 is 33.1 Å². The monoisotopic (exact) mass is 369 g/mol. The number of rotatable bonds is 4. The summed E-state index contributed by atoms with van der Waals surface area (Å²) in [7, 11) is 0. The number of anilines is 1. The fraction of sp³-hybridized carbons (Fsp3) is 0.300. The van der Waals surface area contributed by atoms with E-state index >= 15 is 0 Å². The van der Waals surface area contributed by atoms with Crippen molar-refractivity contribution in [2.75, 3.05) is 4.31 Å². The molecule has 10 heteroatoms. The van der Waals surface area contributed by atoms with E-state index in [1.165, 1.54) is 19.1 Å². The lowest BCUT2D eigenvalue weighted by Gasteiger charge is -2.28. The zero-order valence-corrected chi connectivity index (χ0v) is 12.7. The Morgan fingerprint density at radius 3 is 2.20 bits per heavy atom. The van der Waals surface area contributed by atoms with Gasteiger partial charge in [-0.25, -0.2) is 4.31 Å². The Morgan fingerprint density at radius 2 is 1.80 bits per heavy atom. The van der Waals surface area contributed by atoms with E-state index in [0.717, 1.165) is 6.07 Å². The summed E-state index contributed by atoms with van der Waals surface area (Å²) in [6, 6.07) is 3.37. The van der Waals surface area contributed by atoms with Crippen LogP contribution in [-0.2, 0) is 0 Å². The molecule has 0 amide bonds. The van der Waals surface area contributed by atoms with E-state index in [-0.39, 0.29) is 15.4 Å². The van der Waals surface area contributed by atoms with Crippen molar-refractivity contribution >= 4 is 57.7 Å². The molecule has 1 aromatic carbocycles. The van der Waals surface area contributed by atoms with E-state index in [1.54, 1.807) is 0 Å². The van der Waals surface area contributed by atoms with Gasteiger partial charge in [-0.15, -0.1) is 13.2 Å². The van der Waals surface area contributed by atoms with Crippen molar-refractivity contribution in [2.45, 2.75) is 17.1 Å². The maximum Gasteiger partial charge on any atom is 0.495 e. The molecule has 0 saturated carbocycles. The lowest BCUT2D eigenvalue weighted by atomic mass is 10.1. The first-order valence-corrected chi connectivity index (χ1v) is 6.76. The molecule has 2 nitrogen and oxygen atoms in total. The van der Waals surface area contributed by atoms with Gasteiger partial charge < -0.3 is 0 Å². The molecule has 112 valence electrons. The van der Waals surface area contributed by atoms with Crippen molar-refractivity contribution in [1.82, 2.24) is 0 Å². The molecule has 0 atom stereocenters. The fourth-order valence-corrected chi connectivity index (χ4v) is 2.43. The van der Waals surface area contributed by atoms with Gasteiger partial charge in [-0.1, -0.05) is 29.3 Å². The van der Waals surface area contributed by atoms with Crippen LogP contribution in [0.5, 0.6) is 0 Å². The molecule has 1 rings (SSSR count). The summed E-state index contributed by atoms with van der Waals surface area (Å²) in [5.41, 5.74) is -0.526. The molecule has 0 aliphatic carbocycles. The standard InChI is InChI=1S/C10H6Cl3F4NOS/c1-5-2-3-6(8(11)19)4-7(5)18(10(15,16)17)20-9(12,13)14/h2-4H,1H3. The molecule has 0 radical (unpaired) electrons. The molecular weight excluding hydrogens is 365 g/mol. The Kier molecular flexibility index (Phi) is 5.46. The van der Waals surface area contributed by atoms with E-state index in [0.29, 0.717) is 0 Å². The van der Waals surface area contributed by atoms with Crippen LogP contribution in [0.2, 0.25) is 0 Å². The van der Waals surface area contributed by atoms with Crippen LogP contribution < -0.4 is 4.31 Å². The summed E-state index contributed by atoms with van der Waals surface area (Å²) in [5, 5.41) is -0.943. The Balaban J connectivity index is 3.33. The first-order chi connectivity index (χ1) is 8.92. The average molecular weight is 371 g/mol. The molecule has 0 heterocycles. The minimum absolute atomic E-state index is 0.133. The Bertz CT molecular complexity index is 518. The second kappa shape index (κ2) is 6.17. The molecule has 0 spiro atoms. The maximum atomic E-state index is 13.1. The van der Waals surface area contributed by atoms with E-state index in [2.05, 4.69) is 0 Å². The van der Waals surface area contributed by atoms with Crippen molar-refractivity contribution in [3.05, 3.63) is 29.3 Å². The molecule has 20 heavy (non-hydrogen) atoms. The minimum atomic E-state index is -4.97. The summed E-state index contributed by atoms with van der Waals surface area (Å²) in [6.07, 6.45) is -4.97. The maximum absolute atomic E-state index is 13.1. The second-order valence-electron chi connectivity index (χ2n) is 3.57. The van der Waals surface area contributed by atoms with Gasteiger partial charge in [0.25, 0.3) is 5.24 Å². The highest BCUT2D eigenvalue weighted by atomic mass is 35.5. The molecule has 0 saturated heterocycles. The lowest BCUT2D eigenvalue weighted by Crippen LogP contribution is -2.34. The highest BCUT2D eigenvalue weighted by Crippen LogP contribution is 2.46. The van der Waals surface area contributed by atoms with Crippen molar-refractivity contribution in [2.24, 2.45) is 0 Å². The van der Waals surface area contributed by atoms with Crippen LogP contribution in [0.25, 0.3) is 0 Å². The Labute approximate surface area is 131 Å². The summed E-state index contributed by atoms with van der Waals surface area (Å²) in [4.78, 5) is 11.0. The zero-order chi connectivity index (χ0) is 15.7. The van der Waals surface area contributed by atoms with Crippen molar-refractivity contribution < 1.29 is 22.4 Å². The minimum Gasteiger partial charge on any atom is -0.276 e. The van der Waals surface area contributed by atoms with Gasteiger partial charge in [0, 0.05) is 17.5 Å². The molecular formula is C10H6Cl3F4NOS. The summed E-state index contributed by atoms with van der Waals surface area (Å²) in [5.74, 6) is 0. The van der Waals surface area contributed by atoms with Gasteiger partial charge in [0.2, 0.25) is 0 Å². The number of carbonyl (C=O) groups excluding carboxylic acids is 1. The number of nitrogens with zero attached hydrogens (tertiary/aromatic N) is 1. The van der Waals surface area contributed by atoms with Crippen molar-refractivity contribution in [3.8, 4) is 0 Å². The molecule has 0 N–H and O–H groups in total. The number of hydrogen-bond donors (Lipinski definition) is 0. The quantitative estimate of drug-likeness (QED) is 0.232. The normalized spacial score (nSPS) is 12.4. The number of aryl methyl sites for hydroxylation is 1. The van der Waals surface area contributed by atoms with Gasteiger partial charge in [-0.3, -0.25) is 4.79 Å². The number of alkyl halides is 6. The molecule has 0 fully saturated rings. The number of benzene rings is 1. The van der Waals surface area contributed by atoms with Gasteiger partial charge in [0.1, 0.15) is 0 Å². The Hall–Kier alpha value is -0.370. The van der Waals surface area contributed by atoms with Crippen molar-refractivity contribution in [1.29, 1.82) is 0 Å². The summed E-state index contributed by atoms with van der Waals surface area (Å²) < 4.78 is 48.4. The van der Waals surface area contributed by atoms with Crippen LogP contribution in [0.4, 0.5) is 23.2 Å². The molecule has 0 bridgehead atoms. The van der Waals surface area contributed by atoms with Gasteiger partial charge in [-0.05, 0) is 36.2 Å². The average Bonchev–Trinajstić information content (AvgIpc) is 2.24. The third-order valence-electron chi connectivity index (χ3n) is 2.08. The van der Waals surface area contributed by atoms with Crippen LogP contribution in [0.1, 0.15) is 15.9 Å². The van der Waals surface area contributed by atoms with E-state index in [4.69, 9.17) is 34.8 Å². The first kappa shape index (κ1) is 17.7. The molecule has 0 unspecified atom stereocenters. The van der Waals surface area contributed by atoms with Gasteiger partial charge in [0.15, 0.2) is 0 Å². The Morgan fingerprint density at radius 1 is 1.25 bits per heavy atom. The van der Waals surface area contributed by atoms with E-state index in [1.807, 2.05) is 0 Å². The zero-order valence-electron chi connectivity index (χ0n) is 9.64. The van der Waals surface area contributed by atoms with Crippen LogP contribution in [0.3, 0.4) is 0 Å². The third kappa shape index (κ3) is 4.87. The molecule has 1 aromatic rings. The van der Waals surface area contributed by atoms with Crippen LogP contribution in [0.15, 0.2) is 18.2 Å². The summed E-state index contributed by atoms with van der Waals surface area (Å²) in [6.45, 7) is 1.35. The van der Waals surface area contributed by atoms with Crippen LogP contribution in [-0.4, -0.2) is 15.5 Å². The van der Waals surface area contributed by atoms with Crippen LogP contribution >= 0.6 is 46.8 Å². The third-order valence-corrected chi connectivity index (χ3v) is 3.51. The van der Waals surface area contributed by atoms with Gasteiger partial charge in [-0.2, -0.15) is 4.39 Å². The number of halogens is 7. The number of carbonyl (C=O) groups is 1. The molecule has 0 aliphatic rings. The predicted molar refractivity (Wildman–Crippen MR) is 73.0 cm³/mol. The van der Waals surface area contributed by atoms with Crippen LogP contribution in [0, 0.1) is 6.92 Å². The smallest absolute Gasteiger partial charge is 0.276 e. The molecule has 0 aliphatic heterocycles. The topological polar surface area (TPSA) is 20.3 Å². The lowest BCUT2D eigenvalue weighted by molar-refractivity contribution is -0.114. The highest BCUT2D eigenvalue weighted by molar-refractivity contribution is 8.04.